The number of aromatic nitrogens is 2. The summed E-state index contributed by atoms with van der Waals surface area (Å²) in [5.74, 6) is -1.22. The Morgan fingerprint density at radius 2 is 2.03 bits per heavy atom. The number of rotatable bonds is 10. The third-order valence-electron chi connectivity index (χ3n) is 6.17. The first kappa shape index (κ1) is 27.3. The van der Waals surface area contributed by atoms with E-state index in [1.165, 1.54) is 29.3 Å². The van der Waals surface area contributed by atoms with E-state index < -0.39 is 21.6 Å². The molecule has 2 aromatic carbocycles. The number of sulfone groups is 1. The van der Waals surface area contributed by atoms with Gasteiger partial charge in [0.15, 0.2) is 0 Å². The number of hydrogen-bond acceptors (Lipinski definition) is 5. The number of ether oxygens (including phenoxy) is 1. The maximum absolute atomic E-state index is 14.5. The van der Waals surface area contributed by atoms with E-state index in [-0.39, 0.29) is 41.6 Å². The minimum atomic E-state index is -3.82. The SMILES string of the molecule is CC(C)Cn1c(CN(C[C@@H]2CCCO2)C(=O)c2ccccc2F)cnc1S(=O)(=O)Cc1cccc(Cl)c1. The molecule has 1 aliphatic heterocycles. The first-order chi connectivity index (χ1) is 17.6. The monoisotopic (exact) mass is 547 g/mol. The molecule has 0 unspecified atom stereocenters. The Bertz CT molecular complexity index is 1350. The second-order valence-corrected chi connectivity index (χ2v) is 12.0. The second kappa shape index (κ2) is 11.8. The highest BCUT2D eigenvalue weighted by molar-refractivity contribution is 7.90. The largest absolute Gasteiger partial charge is 0.376 e. The van der Waals surface area contributed by atoms with E-state index in [4.69, 9.17) is 16.3 Å². The fourth-order valence-corrected chi connectivity index (χ4v) is 6.19. The van der Waals surface area contributed by atoms with Gasteiger partial charge in [-0.25, -0.2) is 17.8 Å². The van der Waals surface area contributed by atoms with E-state index in [2.05, 4.69) is 4.98 Å². The zero-order valence-electron chi connectivity index (χ0n) is 20.9. The summed E-state index contributed by atoms with van der Waals surface area (Å²) >= 11 is 6.05. The van der Waals surface area contributed by atoms with Crippen molar-refractivity contribution in [2.24, 2.45) is 5.92 Å². The van der Waals surface area contributed by atoms with Crippen LogP contribution in [-0.4, -0.2) is 48.0 Å². The van der Waals surface area contributed by atoms with E-state index in [9.17, 15) is 17.6 Å². The first-order valence-electron chi connectivity index (χ1n) is 12.3. The molecular formula is C27H31ClFN3O4S. The molecule has 0 N–H and O–H groups in total. The summed E-state index contributed by atoms with van der Waals surface area (Å²) in [5, 5.41) is 0.391. The molecule has 1 amide bonds. The van der Waals surface area contributed by atoms with Gasteiger partial charge in [-0.3, -0.25) is 4.79 Å². The molecule has 198 valence electrons. The summed E-state index contributed by atoms with van der Waals surface area (Å²) in [4.78, 5) is 19.3. The van der Waals surface area contributed by atoms with Crippen molar-refractivity contribution in [1.29, 1.82) is 0 Å². The molecule has 0 radical (unpaired) electrons. The molecular weight excluding hydrogens is 517 g/mol. The van der Waals surface area contributed by atoms with E-state index in [1.807, 2.05) is 13.8 Å². The highest BCUT2D eigenvalue weighted by Crippen LogP contribution is 2.24. The van der Waals surface area contributed by atoms with Gasteiger partial charge in [-0.1, -0.05) is 49.7 Å². The van der Waals surface area contributed by atoms with Gasteiger partial charge >= 0.3 is 0 Å². The van der Waals surface area contributed by atoms with Gasteiger partial charge in [0.25, 0.3) is 5.91 Å². The van der Waals surface area contributed by atoms with Crippen molar-refractivity contribution in [3.63, 3.8) is 0 Å². The third kappa shape index (κ3) is 6.77. The van der Waals surface area contributed by atoms with Crippen molar-refractivity contribution < 1.29 is 22.3 Å². The molecule has 0 saturated carbocycles. The number of nitrogens with zero attached hydrogens (tertiary/aromatic N) is 3. The van der Waals surface area contributed by atoms with Crippen LogP contribution in [0, 0.1) is 11.7 Å². The maximum Gasteiger partial charge on any atom is 0.257 e. The Balaban J connectivity index is 1.68. The lowest BCUT2D eigenvalue weighted by molar-refractivity contribution is 0.0497. The van der Waals surface area contributed by atoms with Crippen molar-refractivity contribution >= 4 is 27.3 Å². The molecule has 1 saturated heterocycles. The highest BCUT2D eigenvalue weighted by Gasteiger charge is 2.29. The average Bonchev–Trinajstić information content (AvgIpc) is 3.48. The summed E-state index contributed by atoms with van der Waals surface area (Å²) in [6.45, 7) is 5.30. The van der Waals surface area contributed by atoms with Crippen LogP contribution in [0.25, 0.3) is 0 Å². The summed E-state index contributed by atoms with van der Waals surface area (Å²) in [7, 11) is -3.82. The van der Waals surface area contributed by atoms with Gasteiger partial charge in [0.05, 0.1) is 35.9 Å². The second-order valence-electron chi connectivity index (χ2n) is 9.73. The Labute approximate surface area is 222 Å². The number of benzene rings is 2. The van der Waals surface area contributed by atoms with E-state index in [0.717, 1.165) is 12.8 Å². The van der Waals surface area contributed by atoms with Gasteiger partial charge in [-0.05, 0) is 48.6 Å². The molecule has 37 heavy (non-hydrogen) atoms. The zero-order valence-corrected chi connectivity index (χ0v) is 22.5. The van der Waals surface area contributed by atoms with Gasteiger partial charge in [-0.15, -0.1) is 0 Å². The number of carbonyl (C=O) groups excluding carboxylic acids is 1. The lowest BCUT2D eigenvalue weighted by atomic mass is 10.1. The minimum Gasteiger partial charge on any atom is -0.376 e. The molecule has 1 aliphatic rings. The predicted molar refractivity (Wildman–Crippen MR) is 140 cm³/mol. The Hall–Kier alpha value is -2.75. The van der Waals surface area contributed by atoms with Crippen molar-refractivity contribution in [2.75, 3.05) is 13.2 Å². The molecule has 1 aromatic heterocycles. The lowest BCUT2D eigenvalue weighted by Crippen LogP contribution is -2.38. The van der Waals surface area contributed by atoms with Gasteiger partial charge in [0.2, 0.25) is 15.0 Å². The van der Waals surface area contributed by atoms with E-state index in [0.29, 0.717) is 29.4 Å². The summed E-state index contributed by atoms with van der Waals surface area (Å²) in [5.41, 5.74) is 1.08. The molecule has 0 spiro atoms. The molecule has 4 rings (SSSR count). The topological polar surface area (TPSA) is 81.5 Å². The molecule has 7 nitrogen and oxygen atoms in total. The van der Waals surface area contributed by atoms with Gasteiger partial charge < -0.3 is 14.2 Å². The van der Waals surface area contributed by atoms with Gasteiger partial charge in [0, 0.05) is 24.7 Å². The zero-order chi connectivity index (χ0) is 26.6. The third-order valence-corrected chi connectivity index (χ3v) is 8.00. The highest BCUT2D eigenvalue weighted by atomic mass is 35.5. The number of imidazole rings is 1. The van der Waals surface area contributed by atoms with Crippen LogP contribution in [0.2, 0.25) is 5.02 Å². The maximum atomic E-state index is 14.5. The van der Waals surface area contributed by atoms with Crippen LogP contribution in [0.3, 0.4) is 0 Å². The fraction of sp³-hybridized carbons (Fsp3) is 0.407. The number of amides is 1. The van der Waals surface area contributed by atoms with E-state index in [1.54, 1.807) is 34.9 Å². The fourth-order valence-electron chi connectivity index (χ4n) is 4.49. The summed E-state index contributed by atoms with van der Waals surface area (Å²) < 4.78 is 48.8. The molecule has 0 bridgehead atoms. The van der Waals surface area contributed by atoms with Crippen LogP contribution < -0.4 is 0 Å². The van der Waals surface area contributed by atoms with Gasteiger partial charge in [-0.2, -0.15) is 0 Å². The van der Waals surface area contributed by atoms with Crippen LogP contribution in [-0.2, 0) is 33.4 Å². The lowest BCUT2D eigenvalue weighted by Gasteiger charge is -2.26. The molecule has 3 aromatic rings. The van der Waals surface area contributed by atoms with Crippen molar-refractivity contribution in [3.8, 4) is 0 Å². The molecule has 10 heteroatoms. The first-order valence-corrected chi connectivity index (χ1v) is 14.3. The number of halogens is 2. The molecule has 1 fully saturated rings. The van der Waals surface area contributed by atoms with E-state index >= 15 is 0 Å². The van der Waals surface area contributed by atoms with Crippen molar-refractivity contribution in [3.05, 3.63) is 82.4 Å². The molecule has 1 atom stereocenters. The number of hydrogen-bond donors (Lipinski definition) is 0. The average molecular weight is 548 g/mol. The van der Waals surface area contributed by atoms with Crippen molar-refractivity contribution in [2.45, 2.75) is 56.8 Å². The summed E-state index contributed by atoms with van der Waals surface area (Å²) in [6, 6.07) is 12.6. The Morgan fingerprint density at radius 3 is 2.70 bits per heavy atom. The normalized spacial score (nSPS) is 15.9. The quantitative estimate of drug-likeness (QED) is 0.351. The van der Waals surface area contributed by atoms with Crippen LogP contribution in [0.5, 0.6) is 0 Å². The van der Waals surface area contributed by atoms with Crippen LogP contribution in [0.4, 0.5) is 4.39 Å². The Kier molecular flexibility index (Phi) is 8.67. The predicted octanol–water partition coefficient (Wildman–Crippen LogP) is 5.13. The Morgan fingerprint density at radius 1 is 1.24 bits per heavy atom. The summed E-state index contributed by atoms with van der Waals surface area (Å²) in [6.07, 6.45) is 3.02. The van der Waals surface area contributed by atoms with Gasteiger partial charge in [0.1, 0.15) is 5.82 Å². The molecule has 0 aliphatic carbocycles. The smallest absolute Gasteiger partial charge is 0.257 e. The molecule has 2 heterocycles. The van der Waals surface area contributed by atoms with Crippen LogP contribution in [0.15, 0.2) is 59.9 Å². The standard InChI is InChI=1S/C27H31ClFN3O4S/c1-19(2)15-32-22(14-30-27(32)37(34,35)18-20-7-5-8-21(28)13-20)16-31(17-23-9-6-12-36-23)26(33)24-10-3-4-11-25(24)29/h3-5,7-8,10-11,13-14,19,23H,6,9,12,15-18H2,1-2H3/t23-/m0/s1. The number of carbonyl (C=O) groups is 1. The van der Waals surface area contributed by atoms with Crippen LogP contribution >= 0.6 is 11.6 Å². The van der Waals surface area contributed by atoms with Crippen LogP contribution in [0.1, 0.15) is 48.3 Å². The van der Waals surface area contributed by atoms with Crippen molar-refractivity contribution in [1.82, 2.24) is 14.5 Å². The minimum absolute atomic E-state index is 0.0378.